The van der Waals surface area contributed by atoms with Crippen molar-refractivity contribution in [3.63, 3.8) is 0 Å². The van der Waals surface area contributed by atoms with Crippen molar-refractivity contribution >= 4 is 12.1 Å². The second kappa shape index (κ2) is 6.93. The summed E-state index contributed by atoms with van der Waals surface area (Å²) in [6.45, 7) is 5.70. The number of aryl methyl sites for hydroxylation is 1. The minimum Gasteiger partial charge on any atom is -0.481 e. The Labute approximate surface area is 117 Å². The fourth-order valence-corrected chi connectivity index (χ4v) is 1.40. The van der Waals surface area contributed by atoms with Crippen LogP contribution >= 0.6 is 0 Å². The molecule has 0 unspecified atom stereocenters. The van der Waals surface area contributed by atoms with Gasteiger partial charge in [-0.1, -0.05) is 0 Å². The number of carboxylic acids is 1. The molecule has 1 aromatic rings. The van der Waals surface area contributed by atoms with Gasteiger partial charge in [0.15, 0.2) is 5.89 Å². The molecule has 0 radical (unpaired) electrons. The maximum Gasteiger partial charge on any atom is 0.407 e. The van der Waals surface area contributed by atoms with Gasteiger partial charge in [-0.05, 0) is 20.8 Å². The van der Waals surface area contributed by atoms with Crippen LogP contribution in [0.15, 0.2) is 10.7 Å². The van der Waals surface area contributed by atoms with Gasteiger partial charge >= 0.3 is 12.1 Å². The molecule has 0 aliphatic heterocycles. The van der Waals surface area contributed by atoms with Gasteiger partial charge in [-0.3, -0.25) is 4.79 Å². The maximum atomic E-state index is 11.4. The lowest BCUT2D eigenvalue weighted by Gasteiger charge is -2.19. The lowest BCUT2D eigenvalue weighted by atomic mass is 10.2. The number of aromatic nitrogens is 1. The van der Waals surface area contributed by atoms with E-state index in [1.54, 1.807) is 20.8 Å². The first-order chi connectivity index (χ1) is 9.26. The molecule has 7 heteroatoms. The van der Waals surface area contributed by atoms with Crippen LogP contribution in [0.25, 0.3) is 0 Å². The van der Waals surface area contributed by atoms with Crippen molar-refractivity contribution in [2.24, 2.45) is 0 Å². The first kappa shape index (κ1) is 16.0. The SMILES string of the molecule is CC(C)(C)OC(=O)NCCc1nc(CCC(=O)O)co1. The lowest BCUT2D eigenvalue weighted by Crippen LogP contribution is -2.33. The van der Waals surface area contributed by atoms with Crippen LogP contribution < -0.4 is 5.32 Å². The molecule has 20 heavy (non-hydrogen) atoms. The second-order valence-electron chi connectivity index (χ2n) is 5.30. The zero-order chi connectivity index (χ0) is 15.2. The standard InChI is InChI=1S/C13H20N2O5/c1-13(2,3)20-12(18)14-7-6-10-15-9(8-19-10)4-5-11(16)17/h8H,4-7H2,1-3H3,(H,14,18)(H,16,17). The second-order valence-corrected chi connectivity index (χ2v) is 5.30. The van der Waals surface area contributed by atoms with Gasteiger partial charge in [-0.25, -0.2) is 9.78 Å². The number of aliphatic carboxylic acids is 1. The predicted octanol–water partition coefficient (Wildman–Crippen LogP) is 1.76. The highest BCUT2D eigenvalue weighted by Gasteiger charge is 2.15. The van der Waals surface area contributed by atoms with Crippen LogP contribution in [0.5, 0.6) is 0 Å². The number of amides is 1. The smallest absolute Gasteiger partial charge is 0.407 e. The van der Waals surface area contributed by atoms with E-state index in [-0.39, 0.29) is 6.42 Å². The molecule has 0 bridgehead atoms. The van der Waals surface area contributed by atoms with Crippen LogP contribution in [0.3, 0.4) is 0 Å². The van der Waals surface area contributed by atoms with E-state index in [2.05, 4.69) is 10.3 Å². The van der Waals surface area contributed by atoms with Gasteiger partial charge in [0.1, 0.15) is 11.9 Å². The van der Waals surface area contributed by atoms with Crippen molar-refractivity contribution in [2.45, 2.75) is 45.6 Å². The van der Waals surface area contributed by atoms with Crippen molar-refractivity contribution < 1.29 is 23.8 Å². The molecule has 7 nitrogen and oxygen atoms in total. The van der Waals surface area contributed by atoms with Gasteiger partial charge in [0.05, 0.1) is 12.1 Å². The molecule has 0 spiro atoms. The molecule has 2 N–H and O–H groups in total. The van der Waals surface area contributed by atoms with Gasteiger partial charge < -0.3 is 19.6 Å². The summed E-state index contributed by atoms with van der Waals surface area (Å²) in [5, 5.41) is 11.1. The number of carbonyl (C=O) groups is 2. The van der Waals surface area contributed by atoms with E-state index >= 15 is 0 Å². The third kappa shape index (κ3) is 6.77. The van der Waals surface area contributed by atoms with Crippen molar-refractivity contribution in [2.75, 3.05) is 6.54 Å². The van der Waals surface area contributed by atoms with Crippen molar-refractivity contribution in [1.29, 1.82) is 0 Å². The summed E-state index contributed by atoms with van der Waals surface area (Å²) in [6.07, 6.45) is 1.72. The fraction of sp³-hybridized carbons (Fsp3) is 0.615. The van der Waals surface area contributed by atoms with Gasteiger partial charge in [0.2, 0.25) is 0 Å². The largest absolute Gasteiger partial charge is 0.481 e. The maximum absolute atomic E-state index is 11.4. The Morgan fingerprint density at radius 3 is 2.70 bits per heavy atom. The minimum atomic E-state index is -0.874. The summed E-state index contributed by atoms with van der Waals surface area (Å²) in [7, 11) is 0. The molecule has 112 valence electrons. The van der Waals surface area contributed by atoms with E-state index in [1.165, 1.54) is 6.26 Å². The van der Waals surface area contributed by atoms with E-state index in [4.69, 9.17) is 14.3 Å². The van der Waals surface area contributed by atoms with E-state index in [0.29, 0.717) is 31.0 Å². The molecule has 0 aromatic carbocycles. The number of nitrogens with one attached hydrogen (secondary N) is 1. The highest BCUT2D eigenvalue weighted by Crippen LogP contribution is 2.07. The molecule has 0 aliphatic rings. The normalized spacial score (nSPS) is 11.2. The average molecular weight is 284 g/mol. The topological polar surface area (TPSA) is 102 Å². The molecule has 0 fully saturated rings. The summed E-state index contributed by atoms with van der Waals surface area (Å²) < 4.78 is 10.3. The number of carboxylic acid groups (broad SMARTS) is 1. The van der Waals surface area contributed by atoms with Crippen molar-refractivity contribution in [1.82, 2.24) is 10.3 Å². The van der Waals surface area contributed by atoms with E-state index in [0.717, 1.165) is 0 Å². The van der Waals surface area contributed by atoms with Crippen LogP contribution in [0, 0.1) is 0 Å². The van der Waals surface area contributed by atoms with Crippen molar-refractivity contribution in [3.8, 4) is 0 Å². The number of alkyl carbamates (subject to hydrolysis) is 1. The summed E-state index contributed by atoms with van der Waals surface area (Å²) in [5.41, 5.74) is 0.0662. The zero-order valence-corrected chi connectivity index (χ0v) is 11.9. The lowest BCUT2D eigenvalue weighted by molar-refractivity contribution is -0.136. The number of ether oxygens (including phenoxy) is 1. The predicted molar refractivity (Wildman–Crippen MR) is 70.4 cm³/mol. The molecule has 0 saturated carbocycles. The molecular weight excluding hydrogens is 264 g/mol. The number of carbonyl (C=O) groups excluding carboxylic acids is 1. The van der Waals surface area contributed by atoms with E-state index in [1.807, 2.05) is 0 Å². The highest BCUT2D eigenvalue weighted by molar-refractivity contribution is 5.67. The van der Waals surface area contributed by atoms with Gasteiger partial charge in [0, 0.05) is 19.4 Å². The Morgan fingerprint density at radius 1 is 1.40 bits per heavy atom. The van der Waals surface area contributed by atoms with Gasteiger partial charge in [0.25, 0.3) is 0 Å². The van der Waals surface area contributed by atoms with Crippen LogP contribution in [-0.2, 0) is 22.4 Å². The van der Waals surface area contributed by atoms with Crippen LogP contribution in [-0.4, -0.2) is 34.3 Å². The highest BCUT2D eigenvalue weighted by atomic mass is 16.6. The van der Waals surface area contributed by atoms with Crippen LogP contribution in [0.1, 0.15) is 38.8 Å². The van der Waals surface area contributed by atoms with Crippen molar-refractivity contribution in [3.05, 3.63) is 17.8 Å². The monoisotopic (exact) mass is 284 g/mol. The third-order valence-corrected chi connectivity index (χ3v) is 2.20. The Balaban J connectivity index is 2.29. The van der Waals surface area contributed by atoms with E-state index < -0.39 is 17.7 Å². The number of rotatable bonds is 6. The molecule has 1 rings (SSSR count). The molecule has 1 aromatic heterocycles. The molecule has 1 heterocycles. The third-order valence-electron chi connectivity index (χ3n) is 2.20. The molecule has 0 aliphatic carbocycles. The Kier molecular flexibility index (Phi) is 5.54. The minimum absolute atomic E-state index is 0.0160. The first-order valence-corrected chi connectivity index (χ1v) is 6.38. The Hall–Kier alpha value is -2.05. The fourth-order valence-electron chi connectivity index (χ4n) is 1.40. The number of oxazole rings is 1. The summed E-state index contributed by atoms with van der Waals surface area (Å²) in [4.78, 5) is 25.9. The number of nitrogens with zero attached hydrogens (tertiary/aromatic N) is 1. The summed E-state index contributed by atoms with van der Waals surface area (Å²) in [5.74, 6) is -0.414. The number of hydrogen-bond donors (Lipinski definition) is 2. The summed E-state index contributed by atoms with van der Waals surface area (Å²) in [6, 6.07) is 0. The Morgan fingerprint density at radius 2 is 2.10 bits per heavy atom. The first-order valence-electron chi connectivity index (χ1n) is 6.38. The zero-order valence-electron chi connectivity index (χ0n) is 11.9. The molecular formula is C13H20N2O5. The molecule has 0 saturated heterocycles. The molecule has 0 atom stereocenters. The summed E-state index contributed by atoms with van der Waals surface area (Å²) >= 11 is 0. The quantitative estimate of drug-likeness (QED) is 0.825. The van der Waals surface area contributed by atoms with E-state index in [9.17, 15) is 9.59 Å². The number of hydrogen-bond acceptors (Lipinski definition) is 5. The van der Waals surface area contributed by atoms with Crippen LogP contribution in [0.4, 0.5) is 4.79 Å². The Bertz CT molecular complexity index is 462. The average Bonchev–Trinajstić information content (AvgIpc) is 2.72. The van der Waals surface area contributed by atoms with Crippen LogP contribution in [0.2, 0.25) is 0 Å². The van der Waals surface area contributed by atoms with Gasteiger partial charge in [-0.2, -0.15) is 0 Å². The van der Waals surface area contributed by atoms with Gasteiger partial charge in [-0.15, -0.1) is 0 Å². The molecule has 1 amide bonds.